The molecule has 1 aromatic carbocycles. The van der Waals surface area contributed by atoms with E-state index in [1.807, 2.05) is 24.3 Å². The molecule has 7 nitrogen and oxygen atoms in total. The molecule has 0 unspecified atom stereocenters. The molecule has 0 atom stereocenters. The van der Waals surface area contributed by atoms with Crippen LogP contribution in [0.2, 0.25) is 0 Å². The first-order valence-corrected chi connectivity index (χ1v) is 11.2. The van der Waals surface area contributed by atoms with Crippen molar-refractivity contribution < 1.29 is 14.1 Å². The van der Waals surface area contributed by atoms with Crippen LogP contribution in [0.4, 0.5) is 0 Å². The maximum absolute atomic E-state index is 12.7. The van der Waals surface area contributed by atoms with Crippen LogP contribution in [0.5, 0.6) is 5.75 Å². The number of hydrogen-bond acceptors (Lipinski definition) is 6. The number of aromatic nitrogens is 2. The van der Waals surface area contributed by atoms with Gasteiger partial charge in [-0.3, -0.25) is 9.69 Å². The number of nitrogens with zero attached hydrogens (tertiary/aromatic N) is 3. The molecule has 2 heterocycles. The van der Waals surface area contributed by atoms with E-state index < -0.39 is 0 Å². The Bertz CT molecular complexity index is 804. The highest BCUT2D eigenvalue weighted by Crippen LogP contribution is 2.23. The smallest absolute Gasteiger partial charge is 0.241 e. The first-order chi connectivity index (χ1) is 14.7. The van der Waals surface area contributed by atoms with Crippen LogP contribution < -0.4 is 10.1 Å². The van der Waals surface area contributed by atoms with E-state index in [0.717, 1.165) is 50.1 Å². The number of carbonyl (C=O) groups excluding carboxylic acids is 1. The van der Waals surface area contributed by atoms with Gasteiger partial charge in [0.05, 0.1) is 13.7 Å². The van der Waals surface area contributed by atoms with Crippen molar-refractivity contribution in [3.8, 4) is 17.1 Å². The van der Waals surface area contributed by atoms with Crippen LogP contribution in [0.15, 0.2) is 28.8 Å². The number of carbonyl (C=O) groups is 1. The number of benzene rings is 1. The van der Waals surface area contributed by atoms with Gasteiger partial charge < -0.3 is 14.6 Å². The fourth-order valence-electron chi connectivity index (χ4n) is 4.46. The molecule has 0 bridgehead atoms. The zero-order chi connectivity index (χ0) is 20.8. The molecule has 2 aliphatic rings. The predicted octanol–water partition coefficient (Wildman–Crippen LogP) is 3.80. The highest BCUT2D eigenvalue weighted by molar-refractivity contribution is 5.79. The van der Waals surface area contributed by atoms with Crippen LogP contribution in [0.1, 0.15) is 57.3 Å². The molecule has 0 radical (unpaired) electrons. The average molecular weight is 413 g/mol. The Balaban J connectivity index is 1.24. The summed E-state index contributed by atoms with van der Waals surface area (Å²) in [4.78, 5) is 19.5. The predicted molar refractivity (Wildman–Crippen MR) is 114 cm³/mol. The second kappa shape index (κ2) is 10.1. The number of methoxy groups -OCH3 is 1. The normalized spacial score (nSPS) is 19.4. The largest absolute Gasteiger partial charge is 0.497 e. The van der Waals surface area contributed by atoms with E-state index in [0.29, 0.717) is 24.3 Å². The van der Waals surface area contributed by atoms with E-state index in [9.17, 15) is 4.79 Å². The summed E-state index contributed by atoms with van der Waals surface area (Å²) in [5, 5.41) is 7.42. The number of amides is 1. The molecular formula is C23H32N4O3. The molecule has 1 amide bonds. The second-order valence-electron chi connectivity index (χ2n) is 8.49. The molecule has 1 aromatic heterocycles. The van der Waals surface area contributed by atoms with Crippen molar-refractivity contribution in [1.82, 2.24) is 20.4 Å². The van der Waals surface area contributed by atoms with Gasteiger partial charge in [-0.15, -0.1) is 0 Å². The lowest BCUT2D eigenvalue weighted by Crippen LogP contribution is -2.43. The van der Waals surface area contributed by atoms with Gasteiger partial charge >= 0.3 is 0 Å². The van der Waals surface area contributed by atoms with E-state index >= 15 is 0 Å². The van der Waals surface area contributed by atoms with E-state index in [4.69, 9.17) is 9.26 Å². The standard InChI is InChI=1S/C23H32N4O3/c1-29-20-10-8-17(9-11-20)22-25-21(30-26-22)16-27-14-12-18(13-15-27)23(28)24-19-6-4-2-3-5-7-19/h8-11,18-19H,2-7,12-16H2,1H3,(H,24,28). The van der Waals surface area contributed by atoms with Gasteiger partial charge in [-0.25, -0.2) is 0 Å². The first kappa shape index (κ1) is 20.8. The van der Waals surface area contributed by atoms with Gasteiger partial charge in [0, 0.05) is 17.5 Å². The minimum atomic E-state index is 0.127. The quantitative estimate of drug-likeness (QED) is 0.727. The number of rotatable bonds is 6. The van der Waals surface area contributed by atoms with Gasteiger partial charge in [-0.1, -0.05) is 30.8 Å². The summed E-state index contributed by atoms with van der Waals surface area (Å²) in [5.41, 5.74) is 0.902. The summed E-state index contributed by atoms with van der Waals surface area (Å²) < 4.78 is 10.6. The Morgan fingerprint density at radius 2 is 1.80 bits per heavy atom. The van der Waals surface area contributed by atoms with E-state index in [1.54, 1.807) is 7.11 Å². The molecule has 0 spiro atoms. The Morgan fingerprint density at radius 3 is 2.47 bits per heavy atom. The molecule has 1 saturated heterocycles. The number of likely N-dealkylation sites (tertiary alicyclic amines) is 1. The van der Waals surface area contributed by atoms with Crippen molar-refractivity contribution in [2.45, 2.75) is 64.0 Å². The van der Waals surface area contributed by atoms with Gasteiger partial charge in [0.2, 0.25) is 17.6 Å². The molecule has 30 heavy (non-hydrogen) atoms. The number of ether oxygens (including phenoxy) is 1. The maximum atomic E-state index is 12.7. The lowest BCUT2D eigenvalue weighted by Gasteiger charge is -2.31. The van der Waals surface area contributed by atoms with Gasteiger partial charge in [-0.05, 0) is 63.0 Å². The fourth-order valence-corrected chi connectivity index (χ4v) is 4.46. The van der Waals surface area contributed by atoms with E-state index in [2.05, 4.69) is 20.4 Å². The van der Waals surface area contributed by atoms with Gasteiger partial charge in [0.15, 0.2) is 0 Å². The van der Waals surface area contributed by atoms with Crippen LogP contribution in [-0.4, -0.2) is 47.2 Å². The summed E-state index contributed by atoms with van der Waals surface area (Å²) >= 11 is 0. The second-order valence-corrected chi connectivity index (χ2v) is 8.49. The van der Waals surface area contributed by atoms with Gasteiger partial charge in [0.25, 0.3) is 0 Å². The molecular weight excluding hydrogens is 380 g/mol. The van der Waals surface area contributed by atoms with Gasteiger partial charge in [-0.2, -0.15) is 4.98 Å². The lowest BCUT2D eigenvalue weighted by molar-refractivity contribution is -0.127. The molecule has 2 aromatic rings. The Hall–Kier alpha value is -2.41. The van der Waals surface area contributed by atoms with Crippen LogP contribution in [0, 0.1) is 5.92 Å². The maximum Gasteiger partial charge on any atom is 0.241 e. The lowest BCUT2D eigenvalue weighted by atomic mass is 9.95. The Labute approximate surface area is 178 Å². The molecule has 2 fully saturated rings. The highest BCUT2D eigenvalue weighted by Gasteiger charge is 2.27. The fraction of sp³-hybridized carbons (Fsp3) is 0.609. The number of piperidine rings is 1. The third-order valence-electron chi connectivity index (χ3n) is 6.34. The van der Waals surface area contributed by atoms with Gasteiger partial charge in [0.1, 0.15) is 5.75 Å². The molecule has 1 aliphatic heterocycles. The summed E-state index contributed by atoms with van der Waals surface area (Å²) in [6.07, 6.45) is 9.14. The van der Waals surface area contributed by atoms with E-state index in [-0.39, 0.29) is 11.8 Å². The SMILES string of the molecule is COc1ccc(-c2noc(CN3CCC(C(=O)NC4CCCCCC4)CC3)n2)cc1. The minimum Gasteiger partial charge on any atom is -0.497 e. The average Bonchev–Trinajstić information content (AvgIpc) is 3.09. The summed E-state index contributed by atoms with van der Waals surface area (Å²) in [7, 11) is 1.64. The zero-order valence-electron chi connectivity index (χ0n) is 17.8. The minimum absolute atomic E-state index is 0.127. The molecule has 4 rings (SSSR count). The van der Waals surface area contributed by atoms with Crippen LogP contribution >= 0.6 is 0 Å². The molecule has 1 saturated carbocycles. The third kappa shape index (κ3) is 5.39. The number of nitrogens with one attached hydrogen (secondary N) is 1. The monoisotopic (exact) mass is 412 g/mol. The molecule has 1 aliphatic carbocycles. The van der Waals surface area contributed by atoms with Crippen molar-refractivity contribution in [1.29, 1.82) is 0 Å². The molecule has 1 N–H and O–H groups in total. The van der Waals surface area contributed by atoms with Crippen molar-refractivity contribution in [3.05, 3.63) is 30.2 Å². The Morgan fingerprint density at radius 1 is 1.10 bits per heavy atom. The van der Waals surface area contributed by atoms with Crippen LogP contribution in [0.25, 0.3) is 11.4 Å². The summed E-state index contributed by atoms with van der Waals surface area (Å²) in [6.45, 7) is 2.38. The van der Waals surface area contributed by atoms with Crippen LogP contribution in [0.3, 0.4) is 0 Å². The topological polar surface area (TPSA) is 80.5 Å². The van der Waals surface area contributed by atoms with Crippen molar-refractivity contribution in [2.24, 2.45) is 5.92 Å². The van der Waals surface area contributed by atoms with Crippen molar-refractivity contribution in [2.75, 3.05) is 20.2 Å². The highest BCUT2D eigenvalue weighted by atomic mass is 16.5. The first-order valence-electron chi connectivity index (χ1n) is 11.2. The summed E-state index contributed by atoms with van der Waals surface area (Å²) in [5.74, 6) is 2.38. The van der Waals surface area contributed by atoms with Crippen molar-refractivity contribution >= 4 is 5.91 Å². The van der Waals surface area contributed by atoms with E-state index in [1.165, 1.54) is 25.7 Å². The zero-order valence-corrected chi connectivity index (χ0v) is 17.8. The molecule has 7 heteroatoms. The number of hydrogen-bond donors (Lipinski definition) is 1. The molecule has 162 valence electrons. The van der Waals surface area contributed by atoms with Crippen molar-refractivity contribution in [3.63, 3.8) is 0 Å². The third-order valence-corrected chi connectivity index (χ3v) is 6.34. The summed E-state index contributed by atoms with van der Waals surface area (Å²) in [6, 6.07) is 8.00. The van der Waals surface area contributed by atoms with Crippen LogP contribution in [-0.2, 0) is 11.3 Å². The Kier molecular flexibility index (Phi) is 7.00.